The third-order valence-corrected chi connectivity index (χ3v) is 2.13. The van der Waals surface area contributed by atoms with Crippen molar-refractivity contribution in [1.29, 1.82) is 5.26 Å². The number of rotatable bonds is 2. The number of benzene rings is 1. The van der Waals surface area contributed by atoms with Crippen LogP contribution in [-0.2, 0) is 4.79 Å². The highest BCUT2D eigenvalue weighted by molar-refractivity contribution is 5.94. The lowest BCUT2D eigenvalue weighted by Crippen LogP contribution is -2.25. The molecule has 0 aliphatic carbocycles. The van der Waals surface area contributed by atoms with E-state index in [2.05, 4.69) is 0 Å². The second-order valence-electron chi connectivity index (χ2n) is 3.22. The van der Waals surface area contributed by atoms with E-state index in [0.29, 0.717) is 11.3 Å². The van der Waals surface area contributed by atoms with Gasteiger partial charge in [0.05, 0.1) is 6.07 Å². The fraction of sp³-hybridized carbons (Fsp3) is 0.273. The molecular formula is C11H11FN2O. The van der Waals surface area contributed by atoms with Crippen LogP contribution in [0.15, 0.2) is 18.2 Å². The van der Waals surface area contributed by atoms with Gasteiger partial charge in [0.2, 0.25) is 5.91 Å². The molecule has 4 heteroatoms. The molecule has 0 N–H and O–H groups in total. The molecule has 1 amide bonds. The molecule has 78 valence electrons. The summed E-state index contributed by atoms with van der Waals surface area (Å²) in [5.41, 5.74) is 1.07. The average Bonchev–Trinajstić information content (AvgIpc) is 2.21. The zero-order valence-corrected chi connectivity index (χ0v) is 8.62. The largest absolute Gasteiger partial charge is 0.315 e. The van der Waals surface area contributed by atoms with Gasteiger partial charge < -0.3 is 4.90 Å². The highest BCUT2D eigenvalue weighted by Gasteiger charge is 2.10. The van der Waals surface area contributed by atoms with E-state index in [0.717, 1.165) is 0 Å². The smallest absolute Gasteiger partial charge is 0.240 e. The minimum Gasteiger partial charge on any atom is -0.315 e. The third kappa shape index (κ3) is 2.53. The molecule has 0 bridgehead atoms. The quantitative estimate of drug-likeness (QED) is 0.742. The van der Waals surface area contributed by atoms with Gasteiger partial charge >= 0.3 is 0 Å². The highest BCUT2D eigenvalue weighted by Crippen LogP contribution is 2.17. The summed E-state index contributed by atoms with van der Waals surface area (Å²) >= 11 is 0. The molecule has 0 radical (unpaired) electrons. The number of nitrogens with zero attached hydrogens (tertiary/aromatic N) is 2. The molecule has 1 aromatic carbocycles. The van der Waals surface area contributed by atoms with Crippen LogP contribution in [0.2, 0.25) is 0 Å². The van der Waals surface area contributed by atoms with Gasteiger partial charge in [-0.2, -0.15) is 5.26 Å². The van der Waals surface area contributed by atoms with Crippen LogP contribution in [0.25, 0.3) is 0 Å². The van der Waals surface area contributed by atoms with Crippen LogP contribution in [0.3, 0.4) is 0 Å². The standard InChI is InChI=1S/C11H11FN2O/c1-8-7-9(3-4-10(8)12)14(2)11(15)5-6-13/h3-4,7H,5H2,1-2H3. The molecule has 0 heterocycles. The SMILES string of the molecule is Cc1cc(N(C)C(=O)CC#N)ccc1F. The van der Waals surface area contributed by atoms with Gasteiger partial charge in [0.1, 0.15) is 12.2 Å². The molecule has 0 atom stereocenters. The Kier molecular flexibility index (Phi) is 3.40. The van der Waals surface area contributed by atoms with Crippen molar-refractivity contribution in [2.75, 3.05) is 11.9 Å². The summed E-state index contributed by atoms with van der Waals surface area (Å²) in [5, 5.41) is 8.37. The van der Waals surface area contributed by atoms with Gasteiger partial charge in [0, 0.05) is 12.7 Å². The lowest BCUT2D eigenvalue weighted by molar-refractivity contribution is -0.117. The van der Waals surface area contributed by atoms with Crippen LogP contribution in [0.4, 0.5) is 10.1 Å². The lowest BCUT2D eigenvalue weighted by atomic mass is 10.2. The predicted molar refractivity (Wildman–Crippen MR) is 54.8 cm³/mol. The molecule has 0 aliphatic heterocycles. The first-order chi connectivity index (χ1) is 7.06. The summed E-state index contributed by atoms with van der Waals surface area (Å²) in [6.07, 6.45) is -0.174. The molecule has 0 aliphatic rings. The van der Waals surface area contributed by atoms with Crippen molar-refractivity contribution in [3.8, 4) is 6.07 Å². The van der Waals surface area contributed by atoms with Crippen molar-refractivity contribution in [2.45, 2.75) is 13.3 Å². The van der Waals surface area contributed by atoms with E-state index < -0.39 is 0 Å². The Hall–Kier alpha value is -1.89. The summed E-state index contributed by atoms with van der Waals surface area (Å²) < 4.78 is 13.0. The maximum absolute atomic E-state index is 13.0. The second-order valence-corrected chi connectivity index (χ2v) is 3.22. The molecule has 1 rings (SSSR count). The van der Waals surface area contributed by atoms with Crippen molar-refractivity contribution < 1.29 is 9.18 Å². The predicted octanol–water partition coefficient (Wildman–Crippen LogP) is 2.01. The van der Waals surface area contributed by atoms with Gasteiger partial charge in [-0.25, -0.2) is 4.39 Å². The van der Waals surface area contributed by atoms with Gasteiger partial charge in [0.25, 0.3) is 0 Å². The Bertz CT molecular complexity index is 423. The molecule has 0 unspecified atom stereocenters. The number of carbonyl (C=O) groups is 1. The molecule has 1 aromatic rings. The Morgan fingerprint density at radius 1 is 1.60 bits per heavy atom. The summed E-state index contributed by atoms with van der Waals surface area (Å²) in [6.45, 7) is 1.63. The van der Waals surface area contributed by atoms with Crippen molar-refractivity contribution in [2.24, 2.45) is 0 Å². The fourth-order valence-corrected chi connectivity index (χ4v) is 1.17. The number of hydrogen-bond donors (Lipinski definition) is 0. The first-order valence-corrected chi connectivity index (χ1v) is 4.46. The van der Waals surface area contributed by atoms with Crippen LogP contribution in [0.1, 0.15) is 12.0 Å². The van der Waals surface area contributed by atoms with Crippen LogP contribution in [-0.4, -0.2) is 13.0 Å². The Labute approximate surface area is 87.7 Å². The maximum atomic E-state index is 13.0. The van der Waals surface area contributed by atoms with E-state index in [-0.39, 0.29) is 18.1 Å². The summed E-state index contributed by atoms with van der Waals surface area (Å²) in [5.74, 6) is -0.608. The molecule has 0 aromatic heterocycles. The third-order valence-electron chi connectivity index (χ3n) is 2.13. The first-order valence-electron chi connectivity index (χ1n) is 4.46. The van der Waals surface area contributed by atoms with Crippen molar-refractivity contribution in [1.82, 2.24) is 0 Å². The van der Waals surface area contributed by atoms with E-state index >= 15 is 0 Å². The fourth-order valence-electron chi connectivity index (χ4n) is 1.17. The number of anilines is 1. The molecule has 0 spiro atoms. The normalized spacial score (nSPS) is 9.47. The zero-order valence-electron chi connectivity index (χ0n) is 8.62. The van der Waals surface area contributed by atoms with E-state index in [1.165, 1.54) is 17.0 Å². The molecule has 15 heavy (non-hydrogen) atoms. The van der Waals surface area contributed by atoms with Gasteiger partial charge in [0.15, 0.2) is 0 Å². The van der Waals surface area contributed by atoms with Crippen molar-refractivity contribution in [3.05, 3.63) is 29.6 Å². The van der Waals surface area contributed by atoms with Crippen LogP contribution in [0.5, 0.6) is 0 Å². The molecule has 3 nitrogen and oxygen atoms in total. The number of aryl methyl sites for hydroxylation is 1. The number of nitriles is 1. The number of hydrogen-bond acceptors (Lipinski definition) is 2. The number of amides is 1. The first kappa shape index (κ1) is 11.2. The summed E-state index contributed by atoms with van der Waals surface area (Å²) in [6, 6.07) is 6.17. The topological polar surface area (TPSA) is 44.1 Å². The van der Waals surface area contributed by atoms with Crippen LogP contribution < -0.4 is 4.90 Å². The molecule has 0 saturated heterocycles. The average molecular weight is 206 g/mol. The monoisotopic (exact) mass is 206 g/mol. The second kappa shape index (κ2) is 4.56. The summed E-state index contributed by atoms with van der Waals surface area (Å²) in [7, 11) is 1.56. The zero-order chi connectivity index (χ0) is 11.4. The van der Waals surface area contributed by atoms with E-state index in [4.69, 9.17) is 5.26 Å². The van der Waals surface area contributed by atoms with Crippen molar-refractivity contribution >= 4 is 11.6 Å². The highest BCUT2D eigenvalue weighted by atomic mass is 19.1. The minimum atomic E-state index is -0.306. The van der Waals surface area contributed by atoms with Gasteiger partial charge in [-0.3, -0.25) is 4.79 Å². The molecule has 0 saturated carbocycles. The minimum absolute atomic E-state index is 0.174. The Morgan fingerprint density at radius 3 is 2.80 bits per heavy atom. The van der Waals surface area contributed by atoms with E-state index in [1.807, 2.05) is 0 Å². The van der Waals surface area contributed by atoms with Gasteiger partial charge in [-0.15, -0.1) is 0 Å². The molecule has 0 fully saturated rings. The maximum Gasteiger partial charge on any atom is 0.240 e. The van der Waals surface area contributed by atoms with Crippen LogP contribution in [0, 0.1) is 24.1 Å². The Morgan fingerprint density at radius 2 is 2.27 bits per heavy atom. The lowest BCUT2D eigenvalue weighted by Gasteiger charge is -2.16. The number of carbonyl (C=O) groups excluding carboxylic acids is 1. The van der Waals surface area contributed by atoms with E-state index in [9.17, 15) is 9.18 Å². The van der Waals surface area contributed by atoms with Crippen molar-refractivity contribution in [3.63, 3.8) is 0 Å². The molecular weight excluding hydrogens is 195 g/mol. The Balaban J connectivity index is 2.92. The number of halogens is 1. The summed E-state index contributed by atoms with van der Waals surface area (Å²) in [4.78, 5) is 12.7. The van der Waals surface area contributed by atoms with E-state index in [1.54, 1.807) is 26.1 Å². The van der Waals surface area contributed by atoms with Gasteiger partial charge in [-0.05, 0) is 30.7 Å². The van der Waals surface area contributed by atoms with Crippen LogP contribution >= 0.6 is 0 Å². The van der Waals surface area contributed by atoms with Gasteiger partial charge in [-0.1, -0.05) is 0 Å².